The minimum absolute atomic E-state index is 0.0298. The number of ether oxygens (including phenoxy) is 1. The summed E-state index contributed by atoms with van der Waals surface area (Å²) in [7, 11) is 0. The molecule has 6 nitrogen and oxygen atoms in total. The van der Waals surface area contributed by atoms with Crippen molar-refractivity contribution in [1.82, 2.24) is 0 Å². The number of hydrogen-bond donors (Lipinski definition) is 1. The smallest absolute Gasteiger partial charge is 0.335 e. The molecule has 0 unspecified atom stereocenters. The van der Waals surface area contributed by atoms with Gasteiger partial charge in [-0.05, 0) is 37.3 Å². The van der Waals surface area contributed by atoms with Gasteiger partial charge in [0.1, 0.15) is 11.5 Å². The van der Waals surface area contributed by atoms with Crippen LogP contribution in [0.1, 0.15) is 15.9 Å². The molecule has 0 saturated carbocycles. The number of halogens is 1. The third-order valence-corrected chi connectivity index (χ3v) is 3.08. The van der Waals surface area contributed by atoms with Crippen LogP contribution in [-0.4, -0.2) is 16.0 Å². The molecule has 108 valence electrons. The topological polar surface area (TPSA) is 89.7 Å². The maximum atomic E-state index is 10.9. The molecule has 2 aromatic carbocycles. The number of benzene rings is 2. The Balaban J connectivity index is 2.32. The summed E-state index contributed by atoms with van der Waals surface area (Å²) in [6, 6.07) is 8.42. The van der Waals surface area contributed by atoms with Gasteiger partial charge in [0, 0.05) is 5.56 Å². The first kappa shape index (κ1) is 14.8. The molecule has 2 rings (SSSR count). The largest absolute Gasteiger partial charge is 0.478 e. The lowest BCUT2D eigenvalue weighted by molar-refractivity contribution is -0.385. The van der Waals surface area contributed by atoms with Crippen LogP contribution in [0.25, 0.3) is 0 Å². The molecule has 0 aliphatic carbocycles. The number of carboxylic acid groups (broad SMARTS) is 1. The number of nitro benzene ring substituents is 1. The Hall–Kier alpha value is -2.60. The summed E-state index contributed by atoms with van der Waals surface area (Å²) >= 11 is 5.93. The molecule has 0 amide bonds. The average molecular weight is 308 g/mol. The standard InChI is InChI=1S/C14H10ClNO5/c1-8-2-4-10(7-12(8)16(19)20)21-13-5-3-9(14(17)18)6-11(13)15/h2-7H,1H3,(H,17,18). The number of nitro groups is 1. The first-order chi connectivity index (χ1) is 9.88. The van der Waals surface area contributed by atoms with Crippen LogP contribution in [0.4, 0.5) is 5.69 Å². The van der Waals surface area contributed by atoms with E-state index in [1.54, 1.807) is 19.1 Å². The molecular weight excluding hydrogens is 298 g/mol. The van der Waals surface area contributed by atoms with E-state index in [1.165, 1.54) is 24.3 Å². The van der Waals surface area contributed by atoms with Crippen molar-refractivity contribution in [3.63, 3.8) is 0 Å². The SMILES string of the molecule is Cc1ccc(Oc2ccc(C(=O)O)cc2Cl)cc1[N+](=O)[O-]. The minimum Gasteiger partial charge on any atom is -0.478 e. The second-order valence-corrected chi connectivity index (χ2v) is 4.67. The molecule has 1 N–H and O–H groups in total. The number of rotatable bonds is 4. The lowest BCUT2D eigenvalue weighted by Gasteiger charge is -2.08. The molecule has 7 heteroatoms. The summed E-state index contributed by atoms with van der Waals surface area (Å²) in [5, 5.41) is 19.8. The molecule has 0 aromatic heterocycles. The van der Waals surface area contributed by atoms with Crippen molar-refractivity contribution >= 4 is 23.3 Å². The van der Waals surface area contributed by atoms with Crippen molar-refractivity contribution in [1.29, 1.82) is 0 Å². The second-order valence-electron chi connectivity index (χ2n) is 4.26. The van der Waals surface area contributed by atoms with Crippen LogP contribution < -0.4 is 4.74 Å². The number of carboxylic acids is 1. The van der Waals surface area contributed by atoms with Gasteiger partial charge in [0.2, 0.25) is 0 Å². The van der Waals surface area contributed by atoms with E-state index < -0.39 is 10.9 Å². The molecule has 2 aromatic rings. The third-order valence-electron chi connectivity index (χ3n) is 2.78. The van der Waals surface area contributed by atoms with Crippen LogP contribution in [-0.2, 0) is 0 Å². The van der Waals surface area contributed by atoms with Crippen LogP contribution in [0.3, 0.4) is 0 Å². The molecule has 0 aliphatic rings. The van der Waals surface area contributed by atoms with Gasteiger partial charge in [-0.1, -0.05) is 11.6 Å². The minimum atomic E-state index is -1.10. The lowest BCUT2D eigenvalue weighted by Crippen LogP contribution is -1.97. The number of nitrogens with zero attached hydrogens (tertiary/aromatic N) is 1. The first-order valence-electron chi connectivity index (χ1n) is 5.84. The van der Waals surface area contributed by atoms with Crippen molar-refractivity contribution in [3.05, 3.63) is 62.7 Å². The summed E-state index contributed by atoms with van der Waals surface area (Å²) in [6.45, 7) is 1.62. The van der Waals surface area contributed by atoms with Gasteiger partial charge in [0.05, 0.1) is 21.6 Å². The van der Waals surface area contributed by atoms with Crippen molar-refractivity contribution in [2.45, 2.75) is 6.92 Å². The number of hydrogen-bond acceptors (Lipinski definition) is 4. The molecule has 0 spiro atoms. The highest BCUT2D eigenvalue weighted by atomic mass is 35.5. The Bertz CT molecular complexity index is 729. The summed E-state index contributed by atoms with van der Waals surface area (Å²) in [4.78, 5) is 21.2. The summed E-state index contributed by atoms with van der Waals surface area (Å²) in [5.74, 6) is -0.633. The van der Waals surface area contributed by atoms with Crippen LogP contribution >= 0.6 is 11.6 Å². The number of aryl methyl sites for hydroxylation is 1. The van der Waals surface area contributed by atoms with E-state index in [9.17, 15) is 14.9 Å². The van der Waals surface area contributed by atoms with E-state index in [1.807, 2.05) is 0 Å². The summed E-state index contributed by atoms with van der Waals surface area (Å²) < 4.78 is 5.46. The Morgan fingerprint density at radius 2 is 2.00 bits per heavy atom. The van der Waals surface area contributed by atoms with Gasteiger partial charge >= 0.3 is 5.97 Å². The van der Waals surface area contributed by atoms with Gasteiger partial charge < -0.3 is 9.84 Å². The maximum absolute atomic E-state index is 10.9. The Morgan fingerprint density at radius 3 is 2.57 bits per heavy atom. The van der Waals surface area contributed by atoms with Crippen molar-refractivity contribution in [2.24, 2.45) is 0 Å². The van der Waals surface area contributed by atoms with E-state index >= 15 is 0 Å². The summed E-state index contributed by atoms with van der Waals surface area (Å²) in [6.07, 6.45) is 0. The van der Waals surface area contributed by atoms with Crippen LogP contribution in [0.2, 0.25) is 5.02 Å². The van der Waals surface area contributed by atoms with E-state index in [0.29, 0.717) is 5.56 Å². The lowest BCUT2D eigenvalue weighted by atomic mass is 10.2. The maximum Gasteiger partial charge on any atom is 0.335 e. The number of carbonyl (C=O) groups is 1. The molecule has 21 heavy (non-hydrogen) atoms. The third kappa shape index (κ3) is 3.29. The average Bonchev–Trinajstić information content (AvgIpc) is 2.42. The molecule has 0 saturated heterocycles. The fourth-order valence-corrected chi connectivity index (χ4v) is 1.91. The van der Waals surface area contributed by atoms with Gasteiger partial charge in [0.25, 0.3) is 5.69 Å². The van der Waals surface area contributed by atoms with Gasteiger partial charge in [-0.2, -0.15) is 0 Å². The van der Waals surface area contributed by atoms with Crippen LogP contribution in [0, 0.1) is 17.0 Å². The number of aromatic carboxylic acids is 1. The van der Waals surface area contributed by atoms with Crippen LogP contribution in [0.5, 0.6) is 11.5 Å². The normalized spacial score (nSPS) is 10.2. The van der Waals surface area contributed by atoms with Crippen LogP contribution in [0.15, 0.2) is 36.4 Å². The zero-order chi connectivity index (χ0) is 15.6. The molecule has 0 atom stereocenters. The van der Waals surface area contributed by atoms with Gasteiger partial charge in [-0.3, -0.25) is 10.1 Å². The van der Waals surface area contributed by atoms with Crippen molar-refractivity contribution < 1.29 is 19.6 Å². The zero-order valence-electron chi connectivity index (χ0n) is 10.9. The molecule has 0 bridgehead atoms. The van der Waals surface area contributed by atoms with Gasteiger partial charge in [-0.25, -0.2) is 4.79 Å². The fourth-order valence-electron chi connectivity index (χ4n) is 1.69. The molecule has 0 fully saturated rings. The van der Waals surface area contributed by atoms with Gasteiger partial charge in [0.15, 0.2) is 0 Å². The molecule has 0 aliphatic heterocycles. The van der Waals surface area contributed by atoms with Crippen molar-refractivity contribution in [2.75, 3.05) is 0 Å². The van der Waals surface area contributed by atoms with E-state index in [-0.39, 0.29) is 27.8 Å². The molecular formula is C14H10ClNO5. The van der Waals surface area contributed by atoms with E-state index in [2.05, 4.69) is 0 Å². The quantitative estimate of drug-likeness (QED) is 0.680. The monoisotopic (exact) mass is 307 g/mol. The Kier molecular flexibility index (Phi) is 4.09. The van der Waals surface area contributed by atoms with Gasteiger partial charge in [-0.15, -0.1) is 0 Å². The predicted octanol–water partition coefficient (Wildman–Crippen LogP) is 4.05. The fraction of sp³-hybridized carbons (Fsp3) is 0.0714. The molecule has 0 radical (unpaired) electrons. The Labute approximate surface area is 124 Å². The first-order valence-corrected chi connectivity index (χ1v) is 6.22. The highest BCUT2D eigenvalue weighted by molar-refractivity contribution is 6.32. The highest BCUT2D eigenvalue weighted by Crippen LogP contribution is 2.32. The van der Waals surface area contributed by atoms with E-state index in [0.717, 1.165) is 0 Å². The predicted molar refractivity (Wildman–Crippen MR) is 76.3 cm³/mol. The van der Waals surface area contributed by atoms with Crippen molar-refractivity contribution in [3.8, 4) is 11.5 Å². The molecule has 0 heterocycles. The van der Waals surface area contributed by atoms with E-state index in [4.69, 9.17) is 21.4 Å². The zero-order valence-corrected chi connectivity index (χ0v) is 11.6. The summed E-state index contributed by atoms with van der Waals surface area (Å²) in [5.41, 5.74) is 0.479. The Morgan fingerprint density at radius 1 is 1.29 bits per heavy atom. The second kappa shape index (κ2) is 5.80. The highest BCUT2D eigenvalue weighted by Gasteiger charge is 2.13.